The molecule has 18 heavy (non-hydrogen) atoms. The van der Waals surface area contributed by atoms with Crippen molar-refractivity contribution in [1.82, 2.24) is 4.98 Å². The summed E-state index contributed by atoms with van der Waals surface area (Å²) in [6.07, 6.45) is 4.14. The van der Waals surface area contributed by atoms with Gasteiger partial charge in [-0.15, -0.1) is 0 Å². The Labute approximate surface area is 113 Å². The number of halogens is 1. The number of pyridine rings is 1. The van der Waals surface area contributed by atoms with Crippen LogP contribution in [-0.2, 0) is 6.42 Å². The molecule has 0 bridgehead atoms. The molecule has 0 aliphatic carbocycles. The molecule has 1 heterocycles. The van der Waals surface area contributed by atoms with Gasteiger partial charge in [-0.2, -0.15) is 0 Å². The number of benzene rings is 1. The van der Waals surface area contributed by atoms with Crippen LogP contribution in [0.3, 0.4) is 0 Å². The summed E-state index contributed by atoms with van der Waals surface area (Å²) in [4.78, 5) is 3.99. The van der Waals surface area contributed by atoms with Crippen molar-refractivity contribution in [3.8, 4) is 0 Å². The number of hydrogen-bond acceptors (Lipinski definition) is 2. The van der Waals surface area contributed by atoms with E-state index in [1.54, 1.807) is 12.4 Å². The number of aryl methyl sites for hydroxylation is 2. The molecule has 0 aliphatic rings. The smallest absolute Gasteiger partial charge is 0.0622 e. The van der Waals surface area contributed by atoms with Crippen LogP contribution >= 0.6 is 11.6 Å². The lowest BCUT2D eigenvalue weighted by Crippen LogP contribution is -2.16. The van der Waals surface area contributed by atoms with Crippen molar-refractivity contribution in [3.63, 3.8) is 0 Å². The van der Waals surface area contributed by atoms with Crippen LogP contribution in [0, 0.1) is 13.8 Å². The molecule has 0 spiro atoms. The van der Waals surface area contributed by atoms with E-state index in [2.05, 4.69) is 37.0 Å². The Kier molecular flexibility index (Phi) is 4.00. The fourth-order valence-electron chi connectivity index (χ4n) is 2.32. The van der Waals surface area contributed by atoms with Crippen LogP contribution in [-0.4, -0.2) is 4.98 Å². The summed E-state index contributed by atoms with van der Waals surface area (Å²) in [5, 5.41) is 0.680. The largest absolute Gasteiger partial charge is 0.324 e. The van der Waals surface area contributed by atoms with E-state index in [1.165, 1.54) is 16.7 Å². The van der Waals surface area contributed by atoms with E-state index in [9.17, 15) is 0 Å². The molecule has 0 amide bonds. The third-order valence-corrected chi connectivity index (χ3v) is 3.55. The van der Waals surface area contributed by atoms with Gasteiger partial charge in [0.05, 0.1) is 5.02 Å². The summed E-state index contributed by atoms with van der Waals surface area (Å²) in [6.45, 7) is 4.19. The van der Waals surface area contributed by atoms with Gasteiger partial charge in [-0.1, -0.05) is 29.8 Å². The van der Waals surface area contributed by atoms with Crippen LogP contribution in [0.25, 0.3) is 0 Å². The topological polar surface area (TPSA) is 38.9 Å². The SMILES string of the molecule is Cc1cccc(C)c1C(N)Cc1ccncc1Cl. The molecule has 0 saturated carbocycles. The monoisotopic (exact) mass is 260 g/mol. The highest BCUT2D eigenvalue weighted by molar-refractivity contribution is 6.31. The number of rotatable bonds is 3. The lowest BCUT2D eigenvalue weighted by Gasteiger charge is -2.18. The van der Waals surface area contributed by atoms with Crippen molar-refractivity contribution in [2.75, 3.05) is 0 Å². The van der Waals surface area contributed by atoms with Crippen LogP contribution in [0.2, 0.25) is 5.02 Å². The van der Waals surface area contributed by atoms with Crippen molar-refractivity contribution >= 4 is 11.6 Å². The Balaban J connectivity index is 2.28. The highest BCUT2D eigenvalue weighted by atomic mass is 35.5. The van der Waals surface area contributed by atoms with Crippen molar-refractivity contribution in [2.45, 2.75) is 26.3 Å². The Morgan fingerprint density at radius 2 is 1.89 bits per heavy atom. The lowest BCUT2D eigenvalue weighted by molar-refractivity contribution is 0.710. The molecule has 1 atom stereocenters. The molecule has 2 N–H and O–H groups in total. The van der Waals surface area contributed by atoms with E-state index in [-0.39, 0.29) is 6.04 Å². The number of hydrogen-bond donors (Lipinski definition) is 1. The maximum atomic E-state index is 6.32. The zero-order chi connectivity index (χ0) is 13.1. The third kappa shape index (κ3) is 2.71. The number of aromatic nitrogens is 1. The second kappa shape index (κ2) is 5.51. The molecule has 94 valence electrons. The van der Waals surface area contributed by atoms with Gasteiger partial charge in [0.15, 0.2) is 0 Å². The molecular formula is C15H17ClN2. The number of nitrogens with zero attached hydrogens (tertiary/aromatic N) is 1. The van der Waals surface area contributed by atoms with Crippen LogP contribution in [0.5, 0.6) is 0 Å². The summed E-state index contributed by atoms with van der Waals surface area (Å²) in [5.41, 5.74) is 11.0. The van der Waals surface area contributed by atoms with Gasteiger partial charge in [-0.3, -0.25) is 4.98 Å². The minimum atomic E-state index is -0.0360. The summed E-state index contributed by atoms with van der Waals surface area (Å²) in [7, 11) is 0. The van der Waals surface area contributed by atoms with Gasteiger partial charge in [-0.05, 0) is 48.6 Å². The van der Waals surface area contributed by atoms with Crippen LogP contribution < -0.4 is 5.73 Å². The maximum absolute atomic E-state index is 6.32. The van der Waals surface area contributed by atoms with E-state index in [0.29, 0.717) is 5.02 Å². The van der Waals surface area contributed by atoms with E-state index in [0.717, 1.165) is 12.0 Å². The van der Waals surface area contributed by atoms with Gasteiger partial charge >= 0.3 is 0 Å². The zero-order valence-corrected chi connectivity index (χ0v) is 11.4. The quantitative estimate of drug-likeness (QED) is 0.916. The standard InChI is InChI=1S/C15H17ClN2/c1-10-4-3-5-11(2)15(10)14(17)8-12-6-7-18-9-13(12)16/h3-7,9,14H,8,17H2,1-2H3. The molecule has 0 aliphatic heterocycles. The first-order valence-corrected chi connectivity index (χ1v) is 6.37. The predicted molar refractivity (Wildman–Crippen MR) is 75.8 cm³/mol. The molecule has 3 heteroatoms. The van der Waals surface area contributed by atoms with Crippen molar-refractivity contribution < 1.29 is 0 Å². The average Bonchev–Trinajstić information content (AvgIpc) is 2.32. The predicted octanol–water partition coefficient (Wildman–Crippen LogP) is 3.59. The second-order valence-electron chi connectivity index (χ2n) is 4.58. The van der Waals surface area contributed by atoms with Gasteiger partial charge in [-0.25, -0.2) is 0 Å². The molecule has 2 nitrogen and oxygen atoms in total. The fourth-order valence-corrected chi connectivity index (χ4v) is 2.52. The van der Waals surface area contributed by atoms with E-state index < -0.39 is 0 Å². The Bertz CT molecular complexity index is 532. The Hall–Kier alpha value is -1.38. The van der Waals surface area contributed by atoms with Crippen LogP contribution in [0.1, 0.15) is 28.3 Å². The summed E-state index contributed by atoms with van der Waals surface area (Å²) >= 11 is 6.12. The minimum Gasteiger partial charge on any atom is -0.324 e. The highest BCUT2D eigenvalue weighted by Crippen LogP contribution is 2.25. The molecule has 0 radical (unpaired) electrons. The third-order valence-electron chi connectivity index (χ3n) is 3.21. The van der Waals surface area contributed by atoms with Gasteiger partial charge in [0.1, 0.15) is 0 Å². The average molecular weight is 261 g/mol. The first-order chi connectivity index (χ1) is 8.59. The molecule has 0 saturated heterocycles. The Morgan fingerprint density at radius 3 is 2.50 bits per heavy atom. The molecule has 1 aromatic carbocycles. The van der Waals surface area contributed by atoms with Crippen LogP contribution in [0.4, 0.5) is 0 Å². The van der Waals surface area contributed by atoms with Gasteiger partial charge in [0.25, 0.3) is 0 Å². The van der Waals surface area contributed by atoms with Gasteiger partial charge in [0, 0.05) is 18.4 Å². The summed E-state index contributed by atoms with van der Waals surface area (Å²) < 4.78 is 0. The fraction of sp³-hybridized carbons (Fsp3) is 0.267. The second-order valence-corrected chi connectivity index (χ2v) is 4.99. The highest BCUT2D eigenvalue weighted by Gasteiger charge is 2.13. The lowest BCUT2D eigenvalue weighted by atomic mass is 9.93. The van der Waals surface area contributed by atoms with E-state index in [4.69, 9.17) is 17.3 Å². The molecule has 1 aromatic heterocycles. The van der Waals surface area contributed by atoms with E-state index >= 15 is 0 Å². The molecule has 2 rings (SSSR count). The summed E-state index contributed by atoms with van der Waals surface area (Å²) in [5.74, 6) is 0. The van der Waals surface area contributed by atoms with Crippen molar-refractivity contribution in [2.24, 2.45) is 5.73 Å². The maximum Gasteiger partial charge on any atom is 0.0622 e. The minimum absolute atomic E-state index is 0.0360. The molecule has 1 unspecified atom stereocenters. The first-order valence-electron chi connectivity index (χ1n) is 5.99. The summed E-state index contributed by atoms with van der Waals surface area (Å²) in [6, 6.07) is 8.13. The van der Waals surface area contributed by atoms with Gasteiger partial charge < -0.3 is 5.73 Å². The first kappa shape index (κ1) is 13.1. The number of nitrogens with two attached hydrogens (primary N) is 1. The van der Waals surface area contributed by atoms with Gasteiger partial charge in [0.2, 0.25) is 0 Å². The zero-order valence-electron chi connectivity index (χ0n) is 10.7. The van der Waals surface area contributed by atoms with Crippen LogP contribution in [0.15, 0.2) is 36.7 Å². The molecule has 2 aromatic rings. The Morgan fingerprint density at radius 1 is 1.22 bits per heavy atom. The van der Waals surface area contributed by atoms with Crippen molar-refractivity contribution in [1.29, 1.82) is 0 Å². The van der Waals surface area contributed by atoms with E-state index in [1.807, 2.05) is 6.07 Å². The molecule has 0 fully saturated rings. The normalized spacial score (nSPS) is 12.4. The van der Waals surface area contributed by atoms with Crippen molar-refractivity contribution in [3.05, 3.63) is 63.9 Å². The molecular weight excluding hydrogens is 244 g/mol.